The second kappa shape index (κ2) is 6.76. The average Bonchev–Trinajstić information content (AvgIpc) is 2.55. The molecule has 1 heterocycles. The summed E-state index contributed by atoms with van der Waals surface area (Å²) >= 11 is 6.17. The Morgan fingerprint density at radius 3 is 2.25 bits per heavy atom. The fourth-order valence-corrected chi connectivity index (χ4v) is 2.55. The molecular formula is C18H18ClN5. The van der Waals surface area contributed by atoms with Crippen molar-refractivity contribution in [2.75, 3.05) is 16.4 Å². The highest BCUT2D eigenvalue weighted by Gasteiger charge is 2.11. The molecule has 0 aliphatic carbocycles. The van der Waals surface area contributed by atoms with E-state index in [1.807, 2.05) is 37.3 Å². The van der Waals surface area contributed by atoms with E-state index in [9.17, 15) is 0 Å². The third kappa shape index (κ3) is 3.41. The number of hydrogen-bond acceptors (Lipinski definition) is 5. The van der Waals surface area contributed by atoms with Gasteiger partial charge in [-0.15, -0.1) is 0 Å². The molecule has 0 saturated carbocycles. The molecular weight excluding hydrogens is 322 g/mol. The first-order valence-electron chi connectivity index (χ1n) is 7.51. The van der Waals surface area contributed by atoms with E-state index >= 15 is 0 Å². The predicted molar refractivity (Wildman–Crippen MR) is 100 cm³/mol. The van der Waals surface area contributed by atoms with Crippen LogP contribution in [-0.2, 0) is 0 Å². The highest BCUT2D eigenvalue weighted by molar-refractivity contribution is 6.33. The summed E-state index contributed by atoms with van der Waals surface area (Å²) in [4.78, 5) is 8.45. The van der Waals surface area contributed by atoms with Crippen molar-refractivity contribution in [3.63, 3.8) is 0 Å². The summed E-state index contributed by atoms with van der Waals surface area (Å²) < 4.78 is 0. The normalized spacial score (nSPS) is 10.5. The van der Waals surface area contributed by atoms with Crippen LogP contribution in [0.25, 0.3) is 0 Å². The van der Waals surface area contributed by atoms with Crippen LogP contribution in [0.5, 0.6) is 0 Å². The highest BCUT2D eigenvalue weighted by atomic mass is 35.5. The molecule has 0 amide bonds. The zero-order chi connectivity index (χ0) is 17.1. The van der Waals surface area contributed by atoms with E-state index in [1.165, 1.54) is 11.9 Å². The maximum atomic E-state index is 6.22. The van der Waals surface area contributed by atoms with Crippen molar-refractivity contribution in [2.24, 2.45) is 0 Å². The third-order valence-electron chi connectivity index (χ3n) is 3.65. The number of anilines is 5. The largest absolute Gasteiger partial charge is 0.393 e. The Bertz CT molecular complexity index is 879. The summed E-state index contributed by atoms with van der Waals surface area (Å²) in [6.45, 7) is 4.09. The van der Waals surface area contributed by atoms with Gasteiger partial charge in [-0.2, -0.15) is 0 Å². The third-order valence-corrected chi connectivity index (χ3v) is 3.98. The lowest BCUT2D eigenvalue weighted by molar-refractivity contribution is 1.17. The van der Waals surface area contributed by atoms with Gasteiger partial charge in [-0.05, 0) is 37.6 Å². The number of benzene rings is 2. The second-order valence-electron chi connectivity index (χ2n) is 5.53. The highest BCUT2D eigenvalue weighted by Crippen LogP contribution is 2.31. The quantitative estimate of drug-likeness (QED) is 0.635. The summed E-state index contributed by atoms with van der Waals surface area (Å²) in [5.74, 6) is 1.05. The molecule has 5 nitrogen and oxygen atoms in total. The lowest BCUT2D eigenvalue weighted by Gasteiger charge is -2.14. The second-order valence-corrected chi connectivity index (χ2v) is 5.94. The van der Waals surface area contributed by atoms with Crippen LogP contribution in [0, 0.1) is 13.8 Å². The Morgan fingerprint density at radius 1 is 0.917 bits per heavy atom. The van der Waals surface area contributed by atoms with E-state index < -0.39 is 0 Å². The number of hydrogen-bond donors (Lipinski definition) is 3. The number of aryl methyl sites for hydroxylation is 2. The molecule has 3 aromatic rings. The standard InChI is InChI=1S/C18H18ClN5/c1-11-7-8-14(12(2)9-11)23-17-16(20)18(22-10-21-17)24-15-6-4-3-5-13(15)19/h3-10H,20H2,1-2H3,(H2,21,22,23,24). The fraction of sp³-hybridized carbons (Fsp3) is 0.111. The first kappa shape index (κ1) is 16.1. The molecule has 0 aliphatic rings. The van der Waals surface area contributed by atoms with Crippen LogP contribution >= 0.6 is 11.6 Å². The average molecular weight is 340 g/mol. The number of aromatic nitrogens is 2. The van der Waals surface area contributed by atoms with Crippen molar-refractivity contribution in [2.45, 2.75) is 13.8 Å². The van der Waals surface area contributed by atoms with E-state index in [1.54, 1.807) is 6.07 Å². The SMILES string of the molecule is Cc1ccc(Nc2ncnc(Nc3ccccc3Cl)c2N)c(C)c1. The van der Waals surface area contributed by atoms with Gasteiger partial charge in [-0.25, -0.2) is 9.97 Å². The van der Waals surface area contributed by atoms with Crippen molar-refractivity contribution in [3.8, 4) is 0 Å². The maximum absolute atomic E-state index is 6.22. The molecule has 1 aromatic heterocycles. The van der Waals surface area contributed by atoms with Gasteiger partial charge in [0.2, 0.25) is 0 Å². The molecule has 4 N–H and O–H groups in total. The molecule has 122 valence electrons. The van der Waals surface area contributed by atoms with Crippen molar-refractivity contribution in [1.82, 2.24) is 9.97 Å². The molecule has 0 radical (unpaired) electrons. The van der Waals surface area contributed by atoms with Crippen LogP contribution in [0.1, 0.15) is 11.1 Å². The van der Waals surface area contributed by atoms with Gasteiger partial charge in [-0.3, -0.25) is 0 Å². The molecule has 0 fully saturated rings. The van der Waals surface area contributed by atoms with Gasteiger partial charge in [0, 0.05) is 5.69 Å². The summed E-state index contributed by atoms with van der Waals surface area (Å²) in [6.07, 6.45) is 1.46. The molecule has 24 heavy (non-hydrogen) atoms. The first-order chi connectivity index (χ1) is 11.5. The molecule has 0 spiro atoms. The Balaban J connectivity index is 1.89. The number of para-hydroxylation sites is 1. The van der Waals surface area contributed by atoms with Gasteiger partial charge in [0.05, 0.1) is 10.7 Å². The van der Waals surface area contributed by atoms with Crippen LogP contribution in [0.15, 0.2) is 48.8 Å². The Hall–Kier alpha value is -2.79. The minimum atomic E-state index is 0.428. The van der Waals surface area contributed by atoms with Gasteiger partial charge >= 0.3 is 0 Å². The van der Waals surface area contributed by atoms with Crippen LogP contribution in [0.3, 0.4) is 0 Å². The number of rotatable bonds is 4. The fourth-order valence-electron chi connectivity index (χ4n) is 2.37. The Kier molecular flexibility index (Phi) is 4.53. The minimum Gasteiger partial charge on any atom is -0.393 e. The van der Waals surface area contributed by atoms with Gasteiger partial charge < -0.3 is 16.4 Å². The van der Waals surface area contributed by atoms with Crippen molar-refractivity contribution in [1.29, 1.82) is 0 Å². The molecule has 6 heteroatoms. The van der Waals surface area contributed by atoms with Crippen LogP contribution < -0.4 is 16.4 Å². The Morgan fingerprint density at radius 2 is 1.58 bits per heavy atom. The molecule has 0 aliphatic heterocycles. The number of nitrogen functional groups attached to an aromatic ring is 1. The number of nitrogens with two attached hydrogens (primary N) is 1. The van der Waals surface area contributed by atoms with E-state index in [0.717, 1.165) is 16.9 Å². The first-order valence-corrected chi connectivity index (χ1v) is 7.88. The predicted octanol–water partition coefficient (Wildman–Crippen LogP) is 4.82. The zero-order valence-corrected chi connectivity index (χ0v) is 14.2. The molecule has 0 bridgehead atoms. The van der Waals surface area contributed by atoms with Crippen LogP contribution in [0.4, 0.5) is 28.7 Å². The summed E-state index contributed by atoms with van der Waals surface area (Å²) in [5, 5.41) is 7.00. The topological polar surface area (TPSA) is 75.9 Å². The summed E-state index contributed by atoms with van der Waals surface area (Å²) in [6, 6.07) is 13.6. The minimum absolute atomic E-state index is 0.428. The van der Waals surface area contributed by atoms with Gasteiger partial charge in [-0.1, -0.05) is 41.4 Å². The lowest BCUT2D eigenvalue weighted by Crippen LogP contribution is -2.06. The van der Waals surface area contributed by atoms with E-state index in [2.05, 4.69) is 33.6 Å². The van der Waals surface area contributed by atoms with E-state index in [4.69, 9.17) is 17.3 Å². The van der Waals surface area contributed by atoms with Crippen molar-refractivity contribution in [3.05, 3.63) is 64.9 Å². The summed E-state index contributed by atoms with van der Waals surface area (Å²) in [5.41, 5.74) is 10.7. The molecule has 2 aromatic carbocycles. The molecule has 0 unspecified atom stereocenters. The van der Waals surface area contributed by atoms with E-state index in [0.29, 0.717) is 22.3 Å². The van der Waals surface area contributed by atoms with Gasteiger partial charge in [0.1, 0.15) is 12.0 Å². The molecule has 3 rings (SSSR count). The van der Waals surface area contributed by atoms with Gasteiger partial charge in [0.25, 0.3) is 0 Å². The van der Waals surface area contributed by atoms with E-state index in [-0.39, 0.29) is 0 Å². The molecule has 0 saturated heterocycles. The number of nitrogens with zero attached hydrogens (tertiary/aromatic N) is 2. The maximum Gasteiger partial charge on any atom is 0.159 e. The van der Waals surface area contributed by atoms with Gasteiger partial charge in [0.15, 0.2) is 11.6 Å². The zero-order valence-electron chi connectivity index (χ0n) is 13.5. The van der Waals surface area contributed by atoms with Crippen LogP contribution in [-0.4, -0.2) is 9.97 Å². The smallest absolute Gasteiger partial charge is 0.159 e. The van der Waals surface area contributed by atoms with Crippen molar-refractivity contribution >= 4 is 40.3 Å². The lowest BCUT2D eigenvalue weighted by atomic mass is 10.1. The monoisotopic (exact) mass is 339 g/mol. The van der Waals surface area contributed by atoms with Crippen LogP contribution in [0.2, 0.25) is 5.02 Å². The Labute approximate surface area is 145 Å². The van der Waals surface area contributed by atoms with Crippen molar-refractivity contribution < 1.29 is 0 Å². The number of nitrogens with one attached hydrogen (secondary N) is 2. The summed E-state index contributed by atoms with van der Waals surface area (Å²) in [7, 11) is 0. The molecule has 0 atom stereocenters. The number of halogens is 1.